The van der Waals surface area contributed by atoms with Crippen molar-refractivity contribution in [3.8, 4) is 5.75 Å². The number of nitrogens with one attached hydrogen (secondary N) is 2. The summed E-state index contributed by atoms with van der Waals surface area (Å²) in [5, 5.41) is 0. The summed E-state index contributed by atoms with van der Waals surface area (Å²) in [4.78, 5) is 2.49. The molecular weight excluding hydrogens is 293 g/mol. The number of ether oxygens (including phenoxy) is 1. The van der Waals surface area contributed by atoms with Gasteiger partial charge < -0.3 is 20.5 Å². The van der Waals surface area contributed by atoms with Crippen molar-refractivity contribution in [1.82, 2.24) is 15.8 Å². The molecule has 0 amide bonds. The monoisotopic (exact) mass is 317 g/mol. The Bertz CT molecular complexity index is 600. The molecule has 3 rings (SSSR count). The molecule has 1 saturated heterocycles. The second-order valence-electron chi connectivity index (χ2n) is 6.08. The fraction of sp³-hybridized carbons (Fsp3) is 0.444. The molecule has 1 atom stereocenters. The lowest BCUT2D eigenvalue weighted by atomic mass is 10.1. The van der Waals surface area contributed by atoms with Gasteiger partial charge in [0.05, 0.1) is 12.3 Å². The van der Waals surface area contributed by atoms with Crippen LogP contribution in [0.4, 0.5) is 4.39 Å². The van der Waals surface area contributed by atoms with E-state index in [1.165, 1.54) is 25.5 Å². The maximum atomic E-state index is 14.2. The molecule has 2 N–H and O–H groups in total. The Hall–Kier alpha value is -2.01. The first-order chi connectivity index (χ1) is 11.2. The summed E-state index contributed by atoms with van der Waals surface area (Å²) >= 11 is 0. The second-order valence-corrected chi connectivity index (χ2v) is 6.08. The molecule has 2 aliphatic heterocycles. The average Bonchev–Trinajstić information content (AvgIpc) is 2.98. The summed E-state index contributed by atoms with van der Waals surface area (Å²) < 4.78 is 19.9. The van der Waals surface area contributed by atoms with Gasteiger partial charge in [0.1, 0.15) is 11.6 Å². The van der Waals surface area contributed by atoms with Gasteiger partial charge in [-0.2, -0.15) is 0 Å². The Morgan fingerprint density at radius 1 is 1.39 bits per heavy atom. The number of hydrazine groups is 1. The highest BCUT2D eigenvalue weighted by molar-refractivity contribution is 5.67. The molecule has 0 bridgehead atoms. The van der Waals surface area contributed by atoms with Crippen LogP contribution in [-0.2, 0) is 0 Å². The number of likely N-dealkylation sites (tertiary alicyclic amines) is 1. The topological polar surface area (TPSA) is 36.5 Å². The summed E-state index contributed by atoms with van der Waals surface area (Å²) in [6.07, 6.45) is 8.96. The van der Waals surface area contributed by atoms with Crippen LogP contribution >= 0.6 is 0 Å². The third-order valence-corrected chi connectivity index (χ3v) is 4.43. The van der Waals surface area contributed by atoms with Crippen LogP contribution in [-0.4, -0.2) is 30.6 Å². The van der Waals surface area contributed by atoms with E-state index in [1.54, 1.807) is 12.3 Å². The Labute approximate surface area is 137 Å². The van der Waals surface area contributed by atoms with Crippen LogP contribution in [0.3, 0.4) is 0 Å². The van der Waals surface area contributed by atoms with Crippen LogP contribution in [0.1, 0.15) is 31.7 Å². The first kappa shape index (κ1) is 15.9. The van der Waals surface area contributed by atoms with E-state index >= 15 is 0 Å². The molecule has 1 aromatic carbocycles. The number of benzene rings is 1. The third-order valence-electron chi connectivity index (χ3n) is 4.43. The van der Waals surface area contributed by atoms with Gasteiger partial charge in [-0.05, 0) is 57.0 Å². The highest BCUT2D eigenvalue weighted by Gasteiger charge is 2.19. The van der Waals surface area contributed by atoms with Crippen molar-refractivity contribution in [1.29, 1.82) is 0 Å². The zero-order valence-electron chi connectivity index (χ0n) is 13.5. The van der Waals surface area contributed by atoms with Crippen molar-refractivity contribution in [2.75, 3.05) is 19.7 Å². The van der Waals surface area contributed by atoms with E-state index in [1.807, 2.05) is 18.2 Å². The van der Waals surface area contributed by atoms with Crippen LogP contribution < -0.4 is 15.6 Å². The Morgan fingerprint density at radius 3 is 3.00 bits per heavy atom. The highest BCUT2D eigenvalue weighted by atomic mass is 19.1. The number of nitrogens with zero attached hydrogens (tertiary/aromatic N) is 1. The third kappa shape index (κ3) is 4.05. The van der Waals surface area contributed by atoms with Gasteiger partial charge in [0.15, 0.2) is 0 Å². The van der Waals surface area contributed by atoms with E-state index in [2.05, 4.69) is 22.7 Å². The van der Waals surface area contributed by atoms with Gasteiger partial charge >= 0.3 is 0 Å². The fourth-order valence-corrected chi connectivity index (χ4v) is 3.10. The molecule has 4 nitrogen and oxygen atoms in total. The van der Waals surface area contributed by atoms with Gasteiger partial charge in [0, 0.05) is 30.4 Å². The molecule has 124 valence electrons. The van der Waals surface area contributed by atoms with Gasteiger partial charge in [-0.3, -0.25) is 0 Å². The molecule has 23 heavy (non-hydrogen) atoms. The fourth-order valence-electron chi connectivity index (χ4n) is 3.10. The minimum absolute atomic E-state index is 0.286. The molecule has 1 aromatic rings. The molecule has 2 heterocycles. The molecule has 0 aromatic heterocycles. The summed E-state index contributed by atoms with van der Waals surface area (Å²) in [5.41, 5.74) is 7.00. The standard InChI is InChI=1S/C18H24FN3O/c1-14-5-3-10-22(14)11-4-12-23-15-7-8-16(17(19)13-15)18-6-2-9-20-21-18/h2,6-9,13-14,20-21H,3-5,10-12H2,1H3/t14-/m1/s1. The first-order valence-corrected chi connectivity index (χ1v) is 8.29. The molecule has 0 unspecified atom stereocenters. The van der Waals surface area contributed by atoms with Crippen LogP contribution in [0, 0.1) is 5.82 Å². The summed E-state index contributed by atoms with van der Waals surface area (Å²) in [6.45, 7) is 5.14. The Morgan fingerprint density at radius 2 is 2.30 bits per heavy atom. The predicted molar refractivity (Wildman–Crippen MR) is 90.2 cm³/mol. The van der Waals surface area contributed by atoms with Gasteiger partial charge in [-0.15, -0.1) is 0 Å². The predicted octanol–water partition coefficient (Wildman–Crippen LogP) is 3.04. The van der Waals surface area contributed by atoms with Crippen molar-refractivity contribution in [3.05, 3.63) is 47.9 Å². The summed E-state index contributed by atoms with van der Waals surface area (Å²) in [7, 11) is 0. The first-order valence-electron chi connectivity index (χ1n) is 8.29. The van der Waals surface area contributed by atoms with E-state index < -0.39 is 0 Å². The SMILES string of the molecule is C[C@@H]1CCCN1CCCOc1ccc(C2=CC=CNN2)c(F)c1. The van der Waals surface area contributed by atoms with Crippen molar-refractivity contribution < 1.29 is 9.13 Å². The molecular formula is C18H24FN3O. The summed E-state index contributed by atoms with van der Waals surface area (Å²) in [5.74, 6) is 0.298. The number of hydrogen-bond donors (Lipinski definition) is 2. The number of hydrogen-bond acceptors (Lipinski definition) is 4. The smallest absolute Gasteiger partial charge is 0.136 e. The maximum absolute atomic E-state index is 14.2. The zero-order valence-corrected chi connectivity index (χ0v) is 13.5. The molecule has 0 spiro atoms. The van der Waals surface area contributed by atoms with E-state index in [9.17, 15) is 4.39 Å². The summed E-state index contributed by atoms with van der Waals surface area (Å²) in [6, 6.07) is 5.70. The average molecular weight is 317 g/mol. The molecule has 0 saturated carbocycles. The number of halogens is 1. The van der Waals surface area contributed by atoms with Crippen LogP contribution in [0.15, 0.2) is 36.6 Å². The van der Waals surface area contributed by atoms with Crippen molar-refractivity contribution in [2.45, 2.75) is 32.2 Å². The van der Waals surface area contributed by atoms with Crippen molar-refractivity contribution >= 4 is 5.70 Å². The number of rotatable bonds is 6. The highest BCUT2D eigenvalue weighted by Crippen LogP contribution is 2.22. The minimum Gasteiger partial charge on any atom is -0.493 e. The van der Waals surface area contributed by atoms with Gasteiger partial charge in [-0.1, -0.05) is 0 Å². The van der Waals surface area contributed by atoms with Gasteiger partial charge in [-0.25, -0.2) is 4.39 Å². The lowest BCUT2D eigenvalue weighted by Crippen LogP contribution is -2.28. The van der Waals surface area contributed by atoms with Crippen LogP contribution in [0.2, 0.25) is 0 Å². The van der Waals surface area contributed by atoms with E-state index in [-0.39, 0.29) is 5.82 Å². The largest absolute Gasteiger partial charge is 0.493 e. The quantitative estimate of drug-likeness (QED) is 0.791. The zero-order chi connectivity index (χ0) is 16.1. The minimum atomic E-state index is -0.286. The second kappa shape index (κ2) is 7.51. The van der Waals surface area contributed by atoms with E-state index in [0.29, 0.717) is 29.7 Å². The van der Waals surface area contributed by atoms with Crippen LogP contribution in [0.5, 0.6) is 5.75 Å². The lowest BCUT2D eigenvalue weighted by molar-refractivity contribution is 0.230. The van der Waals surface area contributed by atoms with Gasteiger partial charge in [0.2, 0.25) is 0 Å². The van der Waals surface area contributed by atoms with E-state index in [4.69, 9.17) is 4.74 Å². The molecule has 2 aliphatic rings. The molecule has 0 radical (unpaired) electrons. The molecule has 1 fully saturated rings. The van der Waals surface area contributed by atoms with Crippen molar-refractivity contribution in [3.63, 3.8) is 0 Å². The normalized spacial score (nSPS) is 20.8. The molecule has 5 heteroatoms. The van der Waals surface area contributed by atoms with E-state index in [0.717, 1.165) is 13.0 Å². The Kier molecular flexibility index (Phi) is 5.18. The lowest BCUT2D eigenvalue weighted by Gasteiger charge is -2.20. The Balaban J connectivity index is 1.50. The maximum Gasteiger partial charge on any atom is 0.136 e. The number of allylic oxidation sites excluding steroid dienone is 2. The van der Waals surface area contributed by atoms with Crippen molar-refractivity contribution in [2.24, 2.45) is 0 Å². The molecule has 0 aliphatic carbocycles. The van der Waals surface area contributed by atoms with Gasteiger partial charge in [0.25, 0.3) is 0 Å². The van der Waals surface area contributed by atoms with Crippen LogP contribution in [0.25, 0.3) is 5.70 Å².